The molecule has 5 rings (SSSR count). The number of anilines is 1. The molecule has 2 aliphatic rings. The monoisotopic (exact) mass is 466 g/mol. The number of hydrogen-bond donors (Lipinski definition) is 0. The number of benzene rings is 1. The zero-order chi connectivity index (χ0) is 22.9. The summed E-state index contributed by atoms with van der Waals surface area (Å²) < 4.78 is 8.36. The van der Waals surface area contributed by atoms with Crippen LogP contribution in [0.3, 0.4) is 0 Å². The van der Waals surface area contributed by atoms with E-state index in [2.05, 4.69) is 23.1 Å². The highest BCUT2D eigenvalue weighted by molar-refractivity contribution is 7.17. The van der Waals surface area contributed by atoms with Crippen molar-refractivity contribution < 1.29 is 14.3 Å². The van der Waals surface area contributed by atoms with Crippen LogP contribution in [0.1, 0.15) is 23.3 Å². The van der Waals surface area contributed by atoms with Crippen LogP contribution in [0.5, 0.6) is 5.75 Å². The number of amides is 2. The number of ether oxygens (including phenoxy) is 1. The quantitative estimate of drug-likeness (QED) is 0.591. The number of piperidine rings is 1. The van der Waals surface area contributed by atoms with E-state index in [4.69, 9.17) is 4.74 Å². The minimum Gasteiger partial charge on any atom is -0.497 e. The van der Waals surface area contributed by atoms with Crippen molar-refractivity contribution >= 4 is 39.1 Å². The molecule has 0 N–H and O–H groups in total. The van der Waals surface area contributed by atoms with Crippen LogP contribution in [0.4, 0.5) is 5.69 Å². The first kappa shape index (κ1) is 21.8. The highest BCUT2D eigenvalue weighted by Gasteiger charge is 2.32. The number of rotatable bonds is 4. The molecule has 0 bridgehead atoms. The van der Waals surface area contributed by atoms with Gasteiger partial charge in [-0.05, 0) is 54.6 Å². The molecule has 2 aliphatic heterocycles. The lowest BCUT2D eigenvalue weighted by molar-refractivity contribution is -0.137. The van der Waals surface area contributed by atoms with E-state index in [-0.39, 0.29) is 17.7 Å². The number of aryl methyl sites for hydroxylation is 1. The summed E-state index contributed by atoms with van der Waals surface area (Å²) in [5, 5.41) is 2.05. The number of piperazine rings is 1. The maximum absolute atomic E-state index is 13.1. The van der Waals surface area contributed by atoms with Crippen LogP contribution in [0.25, 0.3) is 10.2 Å². The van der Waals surface area contributed by atoms with Crippen LogP contribution in [0.2, 0.25) is 0 Å². The van der Waals surface area contributed by atoms with Gasteiger partial charge in [0, 0.05) is 57.9 Å². The molecule has 3 aromatic rings. The van der Waals surface area contributed by atoms with Gasteiger partial charge in [0.15, 0.2) is 0 Å². The Bertz CT molecular complexity index is 1140. The van der Waals surface area contributed by atoms with E-state index >= 15 is 0 Å². The Kier molecular flexibility index (Phi) is 6.01. The van der Waals surface area contributed by atoms with Crippen molar-refractivity contribution in [2.75, 3.05) is 51.3 Å². The van der Waals surface area contributed by atoms with Crippen molar-refractivity contribution in [1.29, 1.82) is 0 Å². The summed E-state index contributed by atoms with van der Waals surface area (Å²) in [6.07, 6.45) is 1.48. The van der Waals surface area contributed by atoms with Crippen molar-refractivity contribution in [2.45, 2.75) is 12.8 Å². The van der Waals surface area contributed by atoms with Crippen LogP contribution in [0.15, 0.2) is 41.8 Å². The average molecular weight is 467 g/mol. The first-order valence-electron chi connectivity index (χ1n) is 11.5. The topological polar surface area (TPSA) is 58.0 Å². The highest BCUT2D eigenvalue weighted by atomic mass is 32.1. The molecule has 2 saturated heterocycles. The third-order valence-electron chi connectivity index (χ3n) is 7.04. The zero-order valence-electron chi connectivity index (χ0n) is 19.2. The Balaban J connectivity index is 1.13. The number of carbonyl (C=O) groups excluding carboxylic acids is 2. The lowest BCUT2D eigenvalue weighted by Crippen LogP contribution is -2.52. The standard InChI is InChI=1S/C25H30N4O3S/c1-26-21-9-16-33-23(21)17-22(26)25(31)28-10-7-18(8-11-28)24(30)29-14-12-27(13-15-29)19-3-5-20(32-2)6-4-19/h3-6,9,16-18H,7-8,10-15H2,1-2H3. The van der Waals surface area contributed by atoms with Gasteiger partial charge in [-0.2, -0.15) is 0 Å². The molecule has 0 radical (unpaired) electrons. The van der Waals surface area contributed by atoms with Gasteiger partial charge in [0.2, 0.25) is 5.91 Å². The van der Waals surface area contributed by atoms with Gasteiger partial charge in [-0.1, -0.05) is 0 Å². The number of fused-ring (bicyclic) bond motifs is 1. The Labute approximate surface area is 198 Å². The first-order valence-corrected chi connectivity index (χ1v) is 12.4. The van der Waals surface area contributed by atoms with Crippen molar-refractivity contribution in [3.63, 3.8) is 0 Å². The fourth-order valence-electron chi connectivity index (χ4n) is 4.98. The second kappa shape index (κ2) is 9.09. The van der Waals surface area contributed by atoms with Gasteiger partial charge in [-0.15, -0.1) is 11.3 Å². The van der Waals surface area contributed by atoms with Gasteiger partial charge < -0.3 is 24.0 Å². The molecule has 7 nitrogen and oxygen atoms in total. The number of hydrogen-bond acceptors (Lipinski definition) is 5. The molecule has 2 aromatic heterocycles. The lowest BCUT2D eigenvalue weighted by Gasteiger charge is -2.39. The minimum atomic E-state index is 0.0125. The van der Waals surface area contributed by atoms with Crippen molar-refractivity contribution in [2.24, 2.45) is 13.0 Å². The highest BCUT2D eigenvalue weighted by Crippen LogP contribution is 2.27. The molecule has 0 aliphatic carbocycles. The van der Waals surface area contributed by atoms with Crippen LogP contribution >= 0.6 is 11.3 Å². The molecule has 2 fully saturated rings. The molecule has 33 heavy (non-hydrogen) atoms. The third-order valence-corrected chi connectivity index (χ3v) is 7.90. The molecule has 174 valence electrons. The van der Waals surface area contributed by atoms with Crippen molar-refractivity contribution in [3.8, 4) is 5.75 Å². The van der Waals surface area contributed by atoms with Crippen LogP contribution in [0, 0.1) is 5.92 Å². The third kappa shape index (κ3) is 4.19. The number of thiophene rings is 1. The van der Waals surface area contributed by atoms with Gasteiger partial charge in [0.05, 0.1) is 17.3 Å². The minimum absolute atomic E-state index is 0.0125. The van der Waals surface area contributed by atoms with E-state index < -0.39 is 0 Å². The van der Waals surface area contributed by atoms with E-state index in [0.29, 0.717) is 13.1 Å². The second-order valence-corrected chi connectivity index (χ2v) is 9.78. The molecule has 4 heterocycles. The van der Waals surface area contributed by atoms with E-state index in [1.165, 1.54) is 0 Å². The SMILES string of the molecule is COc1ccc(N2CCN(C(=O)C3CCN(C(=O)c4cc5sccc5n4C)CC3)CC2)cc1. The molecule has 1 aromatic carbocycles. The van der Waals surface area contributed by atoms with E-state index in [9.17, 15) is 9.59 Å². The molecule has 8 heteroatoms. The molecular formula is C25H30N4O3S. The number of likely N-dealkylation sites (tertiary alicyclic amines) is 1. The number of nitrogens with zero attached hydrogens (tertiary/aromatic N) is 4. The predicted molar refractivity (Wildman–Crippen MR) is 131 cm³/mol. The number of aromatic nitrogens is 1. The zero-order valence-corrected chi connectivity index (χ0v) is 20.0. The molecular weight excluding hydrogens is 436 g/mol. The van der Waals surface area contributed by atoms with E-state index in [1.54, 1.807) is 18.4 Å². The second-order valence-electron chi connectivity index (χ2n) is 8.84. The van der Waals surface area contributed by atoms with Crippen LogP contribution in [-0.2, 0) is 11.8 Å². The molecule has 0 atom stereocenters. The lowest BCUT2D eigenvalue weighted by atomic mass is 9.94. The van der Waals surface area contributed by atoms with Crippen LogP contribution < -0.4 is 9.64 Å². The smallest absolute Gasteiger partial charge is 0.270 e. The normalized spacial score (nSPS) is 17.6. The predicted octanol–water partition coefficient (Wildman–Crippen LogP) is 3.45. The van der Waals surface area contributed by atoms with Gasteiger partial charge in [0.1, 0.15) is 11.4 Å². The Hall–Kier alpha value is -3.00. The summed E-state index contributed by atoms with van der Waals surface area (Å²) in [5.74, 6) is 1.18. The summed E-state index contributed by atoms with van der Waals surface area (Å²) >= 11 is 1.66. The fraction of sp³-hybridized carbons (Fsp3) is 0.440. The molecule has 0 spiro atoms. The Morgan fingerprint density at radius 2 is 1.64 bits per heavy atom. The van der Waals surface area contributed by atoms with Gasteiger partial charge in [-0.3, -0.25) is 9.59 Å². The van der Waals surface area contributed by atoms with E-state index in [1.807, 2.05) is 45.0 Å². The summed E-state index contributed by atoms with van der Waals surface area (Å²) in [5.41, 5.74) is 2.99. The van der Waals surface area contributed by atoms with Crippen molar-refractivity contribution in [1.82, 2.24) is 14.4 Å². The summed E-state index contributed by atoms with van der Waals surface area (Å²) in [4.78, 5) is 32.5. The number of carbonyl (C=O) groups is 2. The van der Waals surface area contributed by atoms with E-state index in [0.717, 1.165) is 66.4 Å². The average Bonchev–Trinajstić information content (AvgIpc) is 3.46. The first-order chi connectivity index (χ1) is 16.0. The van der Waals surface area contributed by atoms with Crippen LogP contribution in [-0.4, -0.2) is 72.6 Å². The fourth-order valence-corrected chi connectivity index (χ4v) is 5.83. The summed E-state index contributed by atoms with van der Waals surface area (Å²) in [6, 6.07) is 12.1. The summed E-state index contributed by atoms with van der Waals surface area (Å²) in [6.45, 7) is 4.42. The molecule has 2 amide bonds. The molecule has 0 saturated carbocycles. The van der Waals surface area contributed by atoms with Gasteiger partial charge >= 0.3 is 0 Å². The maximum atomic E-state index is 13.1. The van der Waals surface area contributed by atoms with Gasteiger partial charge in [-0.25, -0.2) is 0 Å². The van der Waals surface area contributed by atoms with Gasteiger partial charge in [0.25, 0.3) is 5.91 Å². The molecule has 0 unspecified atom stereocenters. The van der Waals surface area contributed by atoms with Crippen molar-refractivity contribution in [3.05, 3.63) is 47.5 Å². The number of methoxy groups -OCH3 is 1. The Morgan fingerprint density at radius 1 is 0.939 bits per heavy atom. The summed E-state index contributed by atoms with van der Waals surface area (Å²) in [7, 11) is 3.62. The largest absolute Gasteiger partial charge is 0.497 e. The Morgan fingerprint density at radius 3 is 2.27 bits per heavy atom. The maximum Gasteiger partial charge on any atom is 0.270 e.